The number of H-pyrrole nitrogens is 1. The van der Waals surface area contributed by atoms with Crippen molar-refractivity contribution in [1.29, 1.82) is 0 Å². The summed E-state index contributed by atoms with van der Waals surface area (Å²) in [6, 6.07) is 7.89. The number of benzene rings is 1. The van der Waals surface area contributed by atoms with Gasteiger partial charge < -0.3 is 15.2 Å². The summed E-state index contributed by atoms with van der Waals surface area (Å²) in [7, 11) is 0. The van der Waals surface area contributed by atoms with Crippen molar-refractivity contribution < 1.29 is 10.2 Å². The van der Waals surface area contributed by atoms with Crippen molar-refractivity contribution in [3.8, 4) is 0 Å². The fourth-order valence-electron chi connectivity index (χ4n) is 3.52. The lowest BCUT2D eigenvalue weighted by Crippen LogP contribution is -2.33. The molecule has 0 bridgehead atoms. The minimum absolute atomic E-state index is 0.0361. The Morgan fingerprint density at radius 3 is 2.96 bits per heavy atom. The minimum Gasteiger partial charge on any atom is -0.395 e. The molecular weight excluding hydrogens is 292 g/mol. The summed E-state index contributed by atoms with van der Waals surface area (Å²) in [5, 5.41) is 20.8. The largest absolute Gasteiger partial charge is 0.395 e. The molecule has 2 atom stereocenters. The maximum atomic E-state index is 12.2. The van der Waals surface area contributed by atoms with Gasteiger partial charge in [-0.2, -0.15) is 0 Å². The molecule has 124 valence electrons. The lowest BCUT2D eigenvalue weighted by molar-refractivity contribution is 0.154. The van der Waals surface area contributed by atoms with E-state index in [9.17, 15) is 15.0 Å². The molecule has 1 aromatic carbocycles. The van der Waals surface area contributed by atoms with E-state index in [1.54, 1.807) is 0 Å². The molecule has 2 heterocycles. The standard InChI is InChI=1S/C18H24N2O3/c1-12-4-2-6-16-17(12)8-13(19-18(16)23)5-3-7-20-10-15(22)9-14(20)11-21/h2,4,6,8,14-15,21-22H,3,5,7,9-11H2,1H3,(H,19,23)/t14-,15-/m1/s1. The average molecular weight is 316 g/mol. The van der Waals surface area contributed by atoms with E-state index in [1.807, 2.05) is 25.1 Å². The van der Waals surface area contributed by atoms with E-state index < -0.39 is 0 Å². The van der Waals surface area contributed by atoms with E-state index >= 15 is 0 Å². The summed E-state index contributed by atoms with van der Waals surface area (Å²) in [6.45, 7) is 3.54. The minimum atomic E-state index is -0.338. The molecule has 0 saturated carbocycles. The van der Waals surface area contributed by atoms with Gasteiger partial charge in [0.2, 0.25) is 0 Å². The smallest absolute Gasteiger partial charge is 0.256 e. The summed E-state index contributed by atoms with van der Waals surface area (Å²) in [6.07, 6.45) is 1.97. The van der Waals surface area contributed by atoms with Gasteiger partial charge >= 0.3 is 0 Å². The highest BCUT2D eigenvalue weighted by atomic mass is 16.3. The number of aryl methyl sites for hydroxylation is 2. The van der Waals surface area contributed by atoms with Crippen LogP contribution in [0.1, 0.15) is 24.1 Å². The third kappa shape index (κ3) is 3.47. The van der Waals surface area contributed by atoms with E-state index in [1.165, 1.54) is 0 Å². The summed E-state index contributed by atoms with van der Waals surface area (Å²) < 4.78 is 0. The van der Waals surface area contributed by atoms with Gasteiger partial charge in [-0.1, -0.05) is 12.1 Å². The molecule has 1 aliphatic heterocycles. The van der Waals surface area contributed by atoms with Crippen LogP contribution in [0.5, 0.6) is 0 Å². The van der Waals surface area contributed by atoms with Crippen molar-refractivity contribution >= 4 is 10.8 Å². The third-order valence-corrected chi connectivity index (χ3v) is 4.77. The van der Waals surface area contributed by atoms with Crippen LogP contribution in [0.15, 0.2) is 29.1 Å². The molecular formula is C18H24N2O3. The number of aliphatic hydroxyl groups excluding tert-OH is 2. The number of nitrogens with zero attached hydrogens (tertiary/aromatic N) is 1. The summed E-state index contributed by atoms with van der Waals surface area (Å²) in [5.41, 5.74) is 2.01. The molecule has 2 aromatic rings. The van der Waals surface area contributed by atoms with Crippen LogP contribution in [-0.4, -0.2) is 51.9 Å². The van der Waals surface area contributed by atoms with Crippen LogP contribution in [0.2, 0.25) is 0 Å². The SMILES string of the molecule is Cc1cccc2c(=O)[nH]c(CCCN3C[C@H](O)C[C@@H]3CO)cc12. The van der Waals surface area contributed by atoms with Crippen molar-refractivity contribution in [1.82, 2.24) is 9.88 Å². The molecule has 0 radical (unpaired) electrons. The first kappa shape index (κ1) is 16.2. The molecule has 1 fully saturated rings. The van der Waals surface area contributed by atoms with Crippen LogP contribution in [-0.2, 0) is 6.42 Å². The van der Waals surface area contributed by atoms with E-state index in [4.69, 9.17) is 0 Å². The number of hydrogen-bond donors (Lipinski definition) is 3. The maximum Gasteiger partial charge on any atom is 0.256 e. The zero-order valence-corrected chi connectivity index (χ0v) is 13.5. The van der Waals surface area contributed by atoms with Crippen LogP contribution in [0.3, 0.4) is 0 Å². The van der Waals surface area contributed by atoms with Crippen molar-refractivity contribution in [3.63, 3.8) is 0 Å². The van der Waals surface area contributed by atoms with Gasteiger partial charge in [-0.25, -0.2) is 0 Å². The van der Waals surface area contributed by atoms with Gasteiger partial charge in [0.1, 0.15) is 0 Å². The van der Waals surface area contributed by atoms with Gasteiger partial charge in [-0.15, -0.1) is 0 Å². The normalized spacial score (nSPS) is 22.0. The number of hydrogen-bond acceptors (Lipinski definition) is 4. The van der Waals surface area contributed by atoms with Gasteiger partial charge in [-0.05, 0) is 55.8 Å². The zero-order chi connectivity index (χ0) is 16.4. The van der Waals surface area contributed by atoms with Gasteiger partial charge in [0.05, 0.1) is 12.7 Å². The van der Waals surface area contributed by atoms with Gasteiger partial charge in [-0.3, -0.25) is 9.69 Å². The lowest BCUT2D eigenvalue weighted by atomic mass is 10.1. The number of aliphatic hydroxyl groups is 2. The van der Waals surface area contributed by atoms with E-state index in [2.05, 4.69) is 16.0 Å². The number of aromatic amines is 1. The van der Waals surface area contributed by atoms with Crippen LogP contribution in [0.25, 0.3) is 10.8 Å². The number of likely N-dealkylation sites (tertiary alicyclic amines) is 1. The topological polar surface area (TPSA) is 76.6 Å². The fourth-order valence-corrected chi connectivity index (χ4v) is 3.52. The number of fused-ring (bicyclic) bond motifs is 1. The Kier molecular flexibility index (Phi) is 4.80. The van der Waals surface area contributed by atoms with Crippen molar-refractivity contribution in [2.45, 2.75) is 38.3 Å². The molecule has 5 heteroatoms. The first-order chi connectivity index (χ1) is 11.1. The highest BCUT2D eigenvalue weighted by molar-refractivity contribution is 5.84. The Morgan fingerprint density at radius 1 is 1.35 bits per heavy atom. The van der Waals surface area contributed by atoms with Gasteiger partial charge in [0, 0.05) is 23.7 Å². The first-order valence-corrected chi connectivity index (χ1v) is 8.23. The predicted molar refractivity (Wildman–Crippen MR) is 90.7 cm³/mol. The molecule has 0 unspecified atom stereocenters. The molecule has 3 N–H and O–H groups in total. The van der Waals surface area contributed by atoms with E-state index in [0.717, 1.165) is 41.4 Å². The molecule has 1 saturated heterocycles. The van der Waals surface area contributed by atoms with Gasteiger partial charge in [0.15, 0.2) is 0 Å². The monoisotopic (exact) mass is 316 g/mol. The second-order valence-corrected chi connectivity index (χ2v) is 6.48. The summed E-state index contributed by atoms with van der Waals surface area (Å²) >= 11 is 0. The molecule has 0 spiro atoms. The number of β-amino-alcohol motifs (C(OH)–C–C–N with tert-alkyl or cyclic N) is 1. The number of rotatable bonds is 5. The van der Waals surface area contributed by atoms with Crippen LogP contribution >= 0.6 is 0 Å². The van der Waals surface area contributed by atoms with Crippen LogP contribution in [0, 0.1) is 6.92 Å². The molecule has 0 aliphatic carbocycles. The number of aromatic nitrogens is 1. The first-order valence-electron chi connectivity index (χ1n) is 8.23. The quantitative estimate of drug-likeness (QED) is 0.774. The molecule has 23 heavy (non-hydrogen) atoms. The fraction of sp³-hybridized carbons (Fsp3) is 0.500. The Labute approximate surface area is 135 Å². The Bertz CT molecular complexity index is 741. The Hall–Kier alpha value is -1.69. The van der Waals surface area contributed by atoms with E-state index in [0.29, 0.717) is 13.0 Å². The van der Waals surface area contributed by atoms with Gasteiger partial charge in [0.25, 0.3) is 5.56 Å². The third-order valence-electron chi connectivity index (χ3n) is 4.77. The predicted octanol–water partition coefficient (Wildman–Crippen LogP) is 1.20. The summed E-state index contributed by atoms with van der Waals surface area (Å²) in [5.74, 6) is 0. The molecule has 0 amide bonds. The number of pyridine rings is 1. The number of nitrogens with one attached hydrogen (secondary N) is 1. The van der Waals surface area contributed by atoms with Crippen molar-refractivity contribution in [3.05, 3.63) is 45.9 Å². The Balaban J connectivity index is 1.68. The second kappa shape index (κ2) is 6.83. The highest BCUT2D eigenvalue weighted by Gasteiger charge is 2.29. The van der Waals surface area contributed by atoms with Crippen LogP contribution in [0.4, 0.5) is 0 Å². The van der Waals surface area contributed by atoms with Crippen molar-refractivity contribution in [2.24, 2.45) is 0 Å². The average Bonchev–Trinajstić information content (AvgIpc) is 2.88. The zero-order valence-electron chi connectivity index (χ0n) is 13.5. The molecule has 1 aliphatic rings. The Morgan fingerprint density at radius 2 is 2.17 bits per heavy atom. The van der Waals surface area contributed by atoms with E-state index in [-0.39, 0.29) is 24.3 Å². The second-order valence-electron chi connectivity index (χ2n) is 6.48. The molecule has 5 nitrogen and oxygen atoms in total. The lowest BCUT2D eigenvalue weighted by Gasteiger charge is -2.22. The van der Waals surface area contributed by atoms with Crippen LogP contribution < -0.4 is 5.56 Å². The molecule has 3 rings (SSSR count). The maximum absolute atomic E-state index is 12.2. The molecule has 1 aromatic heterocycles. The highest BCUT2D eigenvalue weighted by Crippen LogP contribution is 2.19. The van der Waals surface area contributed by atoms with Crippen molar-refractivity contribution in [2.75, 3.05) is 19.7 Å². The summed E-state index contributed by atoms with van der Waals surface area (Å²) in [4.78, 5) is 17.3.